The van der Waals surface area contributed by atoms with E-state index in [2.05, 4.69) is 10.6 Å². The second kappa shape index (κ2) is 11.9. The molecule has 2 fully saturated rings. The Kier molecular flexibility index (Phi) is 8.65. The number of hydrogen-bond acceptors (Lipinski definition) is 5. The maximum Gasteiger partial charge on any atom is 0.257 e. The van der Waals surface area contributed by atoms with E-state index in [1.807, 2.05) is 6.92 Å². The summed E-state index contributed by atoms with van der Waals surface area (Å²) in [7, 11) is 1.79. The van der Waals surface area contributed by atoms with Gasteiger partial charge in [-0.1, -0.05) is 26.2 Å². The molecule has 0 spiro atoms. The predicted octanol–water partition coefficient (Wildman–Crippen LogP) is 3.89. The highest BCUT2D eigenvalue weighted by Gasteiger charge is 2.39. The summed E-state index contributed by atoms with van der Waals surface area (Å²) in [6.07, 6.45) is 8.76. The number of likely N-dealkylation sites (N-methyl/N-ethyl adjacent to an activating group) is 1. The Hall–Kier alpha value is -2.61. The molecule has 0 aromatic heterocycles. The van der Waals surface area contributed by atoms with Gasteiger partial charge in [0.1, 0.15) is 18.5 Å². The number of rotatable bonds is 7. The molecule has 2 aliphatic heterocycles. The first-order valence-electron chi connectivity index (χ1n) is 13.2. The summed E-state index contributed by atoms with van der Waals surface area (Å²) in [5.74, 6) is 0.884. The molecule has 3 aliphatic rings. The smallest absolute Gasteiger partial charge is 0.257 e. The van der Waals surface area contributed by atoms with E-state index in [-0.39, 0.29) is 36.0 Å². The molecule has 1 saturated heterocycles. The zero-order valence-corrected chi connectivity index (χ0v) is 21.0. The number of carbonyl (C=O) groups excluding carboxylic acids is 3. The summed E-state index contributed by atoms with van der Waals surface area (Å²) in [5, 5.41) is 5.95. The maximum absolute atomic E-state index is 13.3. The minimum atomic E-state index is -0.300. The zero-order chi connectivity index (χ0) is 24.8. The lowest BCUT2D eigenvalue weighted by atomic mass is 9.89. The number of ether oxygens (including phenoxy) is 2. The molecule has 3 amide bonds. The number of fused-ring (bicyclic) bond motifs is 2. The fourth-order valence-corrected chi connectivity index (χ4v) is 5.48. The van der Waals surface area contributed by atoms with Crippen LogP contribution in [0, 0.1) is 5.92 Å². The second-order valence-corrected chi connectivity index (χ2v) is 10.2. The third-order valence-corrected chi connectivity index (χ3v) is 7.50. The van der Waals surface area contributed by atoms with E-state index in [0.29, 0.717) is 42.4 Å². The van der Waals surface area contributed by atoms with Crippen LogP contribution in [-0.4, -0.2) is 61.1 Å². The van der Waals surface area contributed by atoms with Crippen LogP contribution in [0.3, 0.4) is 0 Å². The lowest BCUT2D eigenvalue weighted by Crippen LogP contribution is -2.54. The van der Waals surface area contributed by atoms with Crippen LogP contribution in [0.1, 0.15) is 81.5 Å². The van der Waals surface area contributed by atoms with Crippen LogP contribution < -0.4 is 15.4 Å². The molecule has 8 nitrogen and oxygen atoms in total. The average Bonchev–Trinajstić information content (AvgIpc) is 2.86. The lowest BCUT2D eigenvalue weighted by Gasteiger charge is -2.42. The van der Waals surface area contributed by atoms with Crippen molar-refractivity contribution in [3.63, 3.8) is 0 Å². The number of hydrogen-bond donors (Lipinski definition) is 2. The largest absolute Gasteiger partial charge is 0.490 e. The monoisotopic (exact) mass is 485 g/mol. The molecule has 0 radical (unpaired) electrons. The van der Waals surface area contributed by atoms with Crippen molar-refractivity contribution in [2.24, 2.45) is 5.92 Å². The molecular weight excluding hydrogens is 446 g/mol. The van der Waals surface area contributed by atoms with E-state index in [4.69, 9.17) is 9.47 Å². The van der Waals surface area contributed by atoms with Gasteiger partial charge in [0.25, 0.3) is 5.91 Å². The Morgan fingerprint density at radius 1 is 1.09 bits per heavy atom. The SMILES string of the molecule is CCCC(=O)Nc1ccc2c(c1)C(=O)N(C)[C@H]1CC[C@H](CC(=O)NCC3CCCCC3)O[C@@H]1CO2. The van der Waals surface area contributed by atoms with Gasteiger partial charge in [-0.3, -0.25) is 14.4 Å². The first-order valence-corrected chi connectivity index (χ1v) is 13.2. The molecule has 4 rings (SSSR count). The molecule has 0 bridgehead atoms. The Morgan fingerprint density at radius 2 is 1.89 bits per heavy atom. The zero-order valence-electron chi connectivity index (χ0n) is 21.0. The minimum absolute atomic E-state index is 0.0400. The quantitative estimate of drug-likeness (QED) is 0.611. The first-order chi connectivity index (χ1) is 16.9. The fraction of sp³-hybridized carbons (Fsp3) is 0.667. The van der Waals surface area contributed by atoms with Gasteiger partial charge in [0.2, 0.25) is 11.8 Å². The second-order valence-electron chi connectivity index (χ2n) is 10.2. The summed E-state index contributed by atoms with van der Waals surface area (Å²) in [5.41, 5.74) is 1.02. The highest BCUT2D eigenvalue weighted by Crippen LogP contribution is 2.32. The standard InChI is InChI=1S/C27H39N3O5/c1-3-7-25(31)29-19-10-13-23-21(14-19)27(33)30(2)22-12-11-20(35-24(22)17-34-23)15-26(32)28-16-18-8-5-4-6-9-18/h10,13-14,18,20,22,24H,3-9,11-12,15-17H2,1-2H3,(H,28,32)(H,29,31)/t20-,22+,24-/m1/s1. The Morgan fingerprint density at radius 3 is 2.66 bits per heavy atom. The summed E-state index contributed by atoms with van der Waals surface area (Å²) in [6.45, 7) is 3.01. The van der Waals surface area contributed by atoms with Crippen molar-refractivity contribution in [3.8, 4) is 5.75 Å². The average molecular weight is 486 g/mol. The van der Waals surface area contributed by atoms with Crippen molar-refractivity contribution in [2.45, 2.75) is 89.4 Å². The van der Waals surface area contributed by atoms with E-state index in [0.717, 1.165) is 25.8 Å². The van der Waals surface area contributed by atoms with Crippen LogP contribution in [0.2, 0.25) is 0 Å². The lowest BCUT2D eigenvalue weighted by molar-refractivity contribution is -0.134. The van der Waals surface area contributed by atoms with Crippen LogP contribution in [-0.2, 0) is 14.3 Å². The van der Waals surface area contributed by atoms with Gasteiger partial charge in [-0.25, -0.2) is 0 Å². The topological polar surface area (TPSA) is 97.0 Å². The van der Waals surface area contributed by atoms with Crippen molar-refractivity contribution in [1.82, 2.24) is 10.2 Å². The molecule has 0 unspecified atom stereocenters. The molecule has 1 aromatic carbocycles. The van der Waals surface area contributed by atoms with E-state index >= 15 is 0 Å². The van der Waals surface area contributed by atoms with Crippen molar-refractivity contribution < 1.29 is 23.9 Å². The van der Waals surface area contributed by atoms with Gasteiger partial charge in [-0.15, -0.1) is 0 Å². The molecule has 2 N–H and O–H groups in total. The van der Waals surface area contributed by atoms with Gasteiger partial charge in [0.15, 0.2) is 0 Å². The Bertz CT molecular complexity index is 914. The van der Waals surface area contributed by atoms with Crippen LogP contribution in [0.4, 0.5) is 5.69 Å². The van der Waals surface area contributed by atoms with E-state index in [1.54, 1.807) is 30.1 Å². The van der Waals surface area contributed by atoms with Crippen LogP contribution in [0.15, 0.2) is 18.2 Å². The van der Waals surface area contributed by atoms with Gasteiger partial charge in [0, 0.05) is 25.7 Å². The summed E-state index contributed by atoms with van der Waals surface area (Å²) in [6, 6.07) is 5.03. The number of carbonyl (C=O) groups is 3. The van der Waals surface area contributed by atoms with Crippen LogP contribution in [0.25, 0.3) is 0 Å². The number of amides is 3. The van der Waals surface area contributed by atoms with E-state index in [1.165, 1.54) is 32.1 Å². The van der Waals surface area contributed by atoms with E-state index < -0.39 is 0 Å². The van der Waals surface area contributed by atoms with Gasteiger partial charge in [-0.05, 0) is 56.2 Å². The van der Waals surface area contributed by atoms with Crippen molar-refractivity contribution >= 4 is 23.4 Å². The maximum atomic E-state index is 13.3. The van der Waals surface area contributed by atoms with Gasteiger partial charge < -0.3 is 25.0 Å². The summed E-state index contributed by atoms with van der Waals surface area (Å²) < 4.78 is 12.3. The highest BCUT2D eigenvalue weighted by molar-refractivity contribution is 5.99. The Balaban J connectivity index is 1.35. The van der Waals surface area contributed by atoms with Crippen molar-refractivity contribution in [1.29, 1.82) is 0 Å². The van der Waals surface area contributed by atoms with Crippen LogP contribution >= 0.6 is 0 Å². The molecule has 35 heavy (non-hydrogen) atoms. The van der Waals surface area contributed by atoms with Gasteiger partial charge in [0.05, 0.1) is 24.1 Å². The molecular formula is C27H39N3O5. The molecule has 192 valence electrons. The third-order valence-electron chi connectivity index (χ3n) is 7.50. The summed E-state index contributed by atoms with van der Waals surface area (Å²) in [4.78, 5) is 39.6. The minimum Gasteiger partial charge on any atom is -0.490 e. The molecule has 1 saturated carbocycles. The van der Waals surface area contributed by atoms with Crippen LogP contribution in [0.5, 0.6) is 5.75 Å². The number of nitrogens with zero attached hydrogens (tertiary/aromatic N) is 1. The Labute approximate surface area is 208 Å². The summed E-state index contributed by atoms with van der Waals surface area (Å²) >= 11 is 0. The van der Waals surface area contributed by atoms with E-state index in [9.17, 15) is 14.4 Å². The first kappa shape index (κ1) is 25.5. The molecule has 2 heterocycles. The molecule has 1 aromatic rings. The number of anilines is 1. The number of benzene rings is 1. The highest BCUT2D eigenvalue weighted by atomic mass is 16.5. The van der Waals surface area contributed by atoms with Crippen molar-refractivity contribution in [3.05, 3.63) is 23.8 Å². The number of nitrogens with one attached hydrogen (secondary N) is 2. The van der Waals surface area contributed by atoms with Crippen molar-refractivity contribution in [2.75, 3.05) is 25.5 Å². The normalized spacial score (nSPS) is 24.9. The third kappa shape index (κ3) is 6.54. The van der Waals surface area contributed by atoms with Gasteiger partial charge >= 0.3 is 0 Å². The predicted molar refractivity (Wildman–Crippen MR) is 133 cm³/mol. The molecule has 1 aliphatic carbocycles. The van der Waals surface area contributed by atoms with Gasteiger partial charge in [-0.2, -0.15) is 0 Å². The molecule has 8 heteroatoms. The molecule has 3 atom stereocenters. The fourth-order valence-electron chi connectivity index (χ4n) is 5.48.